The number of nitrogens with one attached hydrogen (secondary N) is 1. The number of phenols is 1. The first-order valence-corrected chi connectivity index (χ1v) is 13.6. The highest BCUT2D eigenvalue weighted by Gasteiger charge is 2.20. The molecule has 0 unspecified atom stereocenters. The maximum absolute atomic E-state index is 13.5. The highest BCUT2D eigenvalue weighted by molar-refractivity contribution is 6.07. The lowest BCUT2D eigenvalue weighted by molar-refractivity contribution is -0.127. The van der Waals surface area contributed by atoms with E-state index in [0.717, 1.165) is 50.8 Å². The van der Waals surface area contributed by atoms with Crippen LogP contribution in [0.1, 0.15) is 48.5 Å². The van der Waals surface area contributed by atoms with Crippen molar-refractivity contribution in [2.24, 2.45) is 0 Å². The molecule has 0 radical (unpaired) electrons. The Hall–Kier alpha value is -5.08. The van der Waals surface area contributed by atoms with E-state index in [0.29, 0.717) is 22.3 Å². The Kier molecular flexibility index (Phi) is 11.1. The Bertz CT molecular complexity index is 1580. The second-order valence-electron chi connectivity index (χ2n) is 10.1. The zero-order valence-corrected chi connectivity index (χ0v) is 24.4. The fraction of sp³-hybridized carbons (Fsp3) is 0.281. The molecule has 1 aliphatic rings. The number of hydrogen-bond acceptors (Lipinski definition) is 7. The molecule has 0 saturated carbocycles. The van der Waals surface area contributed by atoms with Gasteiger partial charge in [0.25, 0.3) is 5.91 Å². The van der Waals surface area contributed by atoms with Gasteiger partial charge in [-0.05, 0) is 79.8 Å². The van der Waals surface area contributed by atoms with Crippen LogP contribution in [-0.2, 0) is 11.2 Å². The molecular formula is C32H34FN5O5. The molecule has 2 amide bonds. The zero-order chi connectivity index (χ0) is 31.7. The first-order valence-electron chi connectivity index (χ1n) is 13.6. The van der Waals surface area contributed by atoms with Crippen LogP contribution < -0.4 is 5.32 Å². The Labute approximate surface area is 249 Å². The molecule has 4 rings (SSSR count). The number of pyridine rings is 1. The number of hydrogen-bond donors (Lipinski definition) is 3. The van der Waals surface area contributed by atoms with E-state index < -0.39 is 17.6 Å². The highest BCUT2D eigenvalue weighted by atomic mass is 19.1. The third-order valence-corrected chi connectivity index (χ3v) is 7.07. The second kappa shape index (κ2) is 14.7. The van der Waals surface area contributed by atoms with E-state index in [-0.39, 0.29) is 28.7 Å². The molecule has 224 valence electrons. The van der Waals surface area contributed by atoms with E-state index in [2.05, 4.69) is 21.8 Å². The number of aromatic nitrogens is 1. The van der Waals surface area contributed by atoms with Gasteiger partial charge in [0.15, 0.2) is 0 Å². The number of rotatable bonds is 7. The maximum Gasteiger partial charge on any atom is 0.339 e. The second-order valence-corrected chi connectivity index (χ2v) is 10.1. The van der Waals surface area contributed by atoms with Crippen LogP contribution >= 0.6 is 0 Å². The smallest absolute Gasteiger partial charge is 0.339 e. The van der Waals surface area contributed by atoms with Crippen LogP contribution in [0.25, 0.3) is 0 Å². The molecule has 43 heavy (non-hydrogen) atoms. The van der Waals surface area contributed by atoms with Gasteiger partial charge in [0.1, 0.15) is 29.0 Å². The Morgan fingerprint density at radius 3 is 2.33 bits per heavy atom. The number of carboxylic acid groups (broad SMARTS) is 1. The summed E-state index contributed by atoms with van der Waals surface area (Å²) in [5, 5.41) is 30.0. The van der Waals surface area contributed by atoms with Crippen molar-refractivity contribution in [3.05, 3.63) is 100 Å². The number of carboxylic acids is 1. The third kappa shape index (κ3) is 8.70. The van der Waals surface area contributed by atoms with Gasteiger partial charge in [-0.15, -0.1) is 0 Å². The molecule has 11 heteroatoms. The van der Waals surface area contributed by atoms with Crippen molar-refractivity contribution in [1.82, 2.24) is 14.8 Å². The minimum absolute atomic E-state index is 0.00487. The van der Waals surface area contributed by atoms with Gasteiger partial charge >= 0.3 is 5.97 Å². The number of carbonyl (C=O) groups is 3. The molecule has 2 aromatic carbocycles. The molecule has 1 saturated heterocycles. The summed E-state index contributed by atoms with van der Waals surface area (Å²) in [6.45, 7) is 12.7. The molecule has 0 bridgehead atoms. The summed E-state index contributed by atoms with van der Waals surface area (Å²) in [4.78, 5) is 43.0. The normalized spacial score (nSPS) is 12.9. The molecule has 1 aromatic heterocycles. The van der Waals surface area contributed by atoms with E-state index in [9.17, 15) is 23.9 Å². The minimum Gasteiger partial charge on any atom is -0.507 e. The van der Waals surface area contributed by atoms with E-state index in [1.165, 1.54) is 18.3 Å². The first kappa shape index (κ1) is 32.4. The molecule has 3 N–H and O–H groups in total. The number of nitriles is 1. The van der Waals surface area contributed by atoms with E-state index in [4.69, 9.17) is 10.4 Å². The van der Waals surface area contributed by atoms with E-state index >= 15 is 0 Å². The summed E-state index contributed by atoms with van der Waals surface area (Å²) < 4.78 is 13.5. The van der Waals surface area contributed by atoms with Crippen LogP contribution in [0.5, 0.6) is 5.75 Å². The average Bonchev–Trinajstić information content (AvgIpc) is 2.98. The van der Waals surface area contributed by atoms with Crippen molar-refractivity contribution < 1.29 is 29.0 Å². The lowest BCUT2D eigenvalue weighted by Crippen LogP contribution is -2.48. The van der Waals surface area contributed by atoms with Crippen molar-refractivity contribution >= 4 is 23.6 Å². The van der Waals surface area contributed by atoms with Gasteiger partial charge in [0.2, 0.25) is 5.91 Å². The lowest BCUT2D eigenvalue weighted by Gasteiger charge is -2.34. The summed E-state index contributed by atoms with van der Waals surface area (Å²) >= 11 is 0. The highest BCUT2D eigenvalue weighted by Crippen LogP contribution is 2.23. The summed E-state index contributed by atoms with van der Waals surface area (Å²) in [5.74, 6) is -2.14. The number of piperazine rings is 1. The molecule has 3 aromatic rings. The SMILES string of the molecule is C=CC(=O)N1CCN(CCc2ccc(C)c(F)c2)CC1.Cc1cc(O)c(C(=O)O)cc1C(=O)Nc1ncc(C#N)cc1C. The third-order valence-electron chi connectivity index (χ3n) is 7.07. The Morgan fingerprint density at radius 2 is 1.74 bits per heavy atom. The Balaban J connectivity index is 0.000000238. The van der Waals surface area contributed by atoms with Crippen LogP contribution in [0.2, 0.25) is 0 Å². The number of nitrogens with zero attached hydrogens (tertiary/aromatic N) is 4. The molecule has 2 heterocycles. The number of benzene rings is 2. The maximum atomic E-state index is 13.5. The van der Waals surface area contributed by atoms with Crippen molar-refractivity contribution in [1.29, 1.82) is 5.26 Å². The van der Waals surface area contributed by atoms with E-state index in [1.54, 1.807) is 32.9 Å². The molecule has 0 spiro atoms. The largest absolute Gasteiger partial charge is 0.507 e. The quantitative estimate of drug-likeness (QED) is 0.348. The van der Waals surface area contributed by atoms with Crippen LogP contribution in [0, 0.1) is 37.9 Å². The fourth-order valence-corrected chi connectivity index (χ4v) is 4.45. The minimum atomic E-state index is -1.33. The van der Waals surface area contributed by atoms with Gasteiger partial charge in [0, 0.05) is 44.5 Å². The van der Waals surface area contributed by atoms with Crippen LogP contribution in [0.15, 0.2) is 55.3 Å². The summed E-state index contributed by atoms with van der Waals surface area (Å²) in [6.07, 6.45) is 3.53. The van der Waals surface area contributed by atoms with Crippen molar-refractivity contribution in [2.75, 3.05) is 38.0 Å². The molecule has 1 aliphatic heterocycles. The molecule has 10 nitrogen and oxygen atoms in total. The van der Waals surface area contributed by atoms with Crippen LogP contribution in [-0.4, -0.2) is 75.5 Å². The summed E-state index contributed by atoms with van der Waals surface area (Å²) in [7, 11) is 0. The molecule has 0 aliphatic carbocycles. The van der Waals surface area contributed by atoms with Gasteiger partial charge in [-0.3, -0.25) is 14.5 Å². The van der Waals surface area contributed by atoms with Gasteiger partial charge < -0.3 is 20.4 Å². The molecule has 0 atom stereocenters. The number of halogens is 1. The lowest BCUT2D eigenvalue weighted by atomic mass is 10.0. The topological polar surface area (TPSA) is 147 Å². The summed E-state index contributed by atoms with van der Waals surface area (Å²) in [6, 6.07) is 11.3. The van der Waals surface area contributed by atoms with Gasteiger partial charge in [0.05, 0.1) is 5.56 Å². The predicted molar refractivity (Wildman–Crippen MR) is 160 cm³/mol. The number of carbonyl (C=O) groups excluding carboxylic acids is 2. The molecule has 1 fully saturated rings. The van der Waals surface area contributed by atoms with Gasteiger partial charge in [-0.2, -0.15) is 5.26 Å². The van der Waals surface area contributed by atoms with E-state index in [1.807, 2.05) is 23.1 Å². The summed E-state index contributed by atoms with van der Waals surface area (Å²) in [5.41, 5.74) is 2.87. The predicted octanol–water partition coefficient (Wildman–Crippen LogP) is 4.23. The van der Waals surface area contributed by atoms with Crippen molar-refractivity contribution in [3.8, 4) is 11.8 Å². The number of amides is 2. The number of anilines is 1. The first-order chi connectivity index (χ1) is 20.4. The monoisotopic (exact) mass is 587 g/mol. The van der Waals surface area contributed by atoms with Crippen LogP contribution in [0.4, 0.5) is 10.2 Å². The molecular weight excluding hydrogens is 553 g/mol. The zero-order valence-electron chi connectivity index (χ0n) is 24.4. The van der Waals surface area contributed by atoms with Gasteiger partial charge in [-0.25, -0.2) is 14.2 Å². The average molecular weight is 588 g/mol. The number of aromatic carboxylic acids is 1. The standard InChI is InChI=1S/C16H21FN2O.C16H13N3O4/c1-3-16(20)19-10-8-18(9-11-19)7-6-14-5-4-13(2)15(17)12-14;1-8-4-13(20)12(16(22)23)5-11(8)15(21)19-14-9(2)3-10(6-17)7-18-14/h3-5,12H,1,6-11H2,2H3;3-5,7,20H,1-2H3,(H,22,23)(H,18,19,21). The Morgan fingerprint density at radius 1 is 1.05 bits per heavy atom. The fourth-order valence-electron chi connectivity index (χ4n) is 4.45. The van der Waals surface area contributed by atoms with Crippen LogP contribution in [0.3, 0.4) is 0 Å². The number of aryl methyl sites for hydroxylation is 3. The van der Waals surface area contributed by atoms with Crippen molar-refractivity contribution in [3.63, 3.8) is 0 Å². The van der Waals surface area contributed by atoms with Crippen molar-refractivity contribution in [2.45, 2.75) is 27.2 Å². The number of aromatic hydroxyl groups is 1. The van der Waals surface area contributed by atoms with Gasteiger partial charge in [-0.1, -0.05) is 18.7 Å².